The lowest BCUT2D eigenvalue weighted by Gasteiger charge is -2.29. The molecular weight excluding hydrogens is 256 g/mol. The molecule has 1 N–H and O–H groups in total. The van der Waals surface area contributed by atoms with Crippen molar-refractivity contribution in [3.63, 3.8) is 0 Å². The second-order valence-electron chi connectivity index (χ2n) is 5.77. The predicted octanol–water partition coefficient (Wildman–Crippen LogP) is 2.96. The minimum atomic E-state index is -0.243. The fourth-order valence-corrected chi connectivity index (χ4v) is 4.83. The van der Waals surface area contributed by atoms with E-state index in [1.165, 1.54) is 19.3 Å². The van der Waals surface area contributed by atoms with E-state index in [0.717, 1.165) is 31.7 Å². The number of thioether (sulfide) groups is 1. The van der Waals surface area contributed by atoms with Crippen molar-refractivity contribution in [3.8, 4) is 6.07 Å². The molecule has 0 amide bonds. The van der Waals surface area contributed by atoms with Crippen LogP contribution in [0.3, 0.4) is 0 Å². The molecule has 0 aromatic carbocycles. The van der Waals surface area contributed by atoms with Crippen molar-refractivity contribution in [2.75, 3.05) is 18.9 Å². The van der Waals surface area contributed by atoms with Crippen LogP contribution in [0.4, 0.5) is 0 Å². The minimum absolute atomic E-state index is 0.243. The van der Waals surface area contributed by atoms with E-state index in [-0.39, 0.29) is 5.54 Å². The van der Waals surface area contributed by atoms with E-state index in [4.69, 9.17) is 4.74 Å². The Hall–Kier alpha value is -0.240. The fraction of sp³-hybridized carbons (Fsp3) is 0.933. The molecule has 4 unspecified atom stereocenters. The van der Waals surface area contributed by atoms with Gasteiger partial charge in [0.1, 0.15) is 5.54 Å². The quantitative estimate of drug-likeness (QED) is 0.813. The molecule has 2 fully saturated rings. The molecule has 19 heavy (non-hydrogen) atoms. The Morgan fingerprint density at radius 3 is 2.95 bits per heavy atom. The van der Waals surface area contributed by atoms with Crippen molar-refractivity contribution in [2.45, 2.75) is 62.8 Å². The highest BCUT2D eigenvalue weighted by Crippen LogP contribution is 2.39. The Balaban J connectivity index is 1.80. The molecule has 1 saturated heterocycles. The van der Waals surface area contributed by atoms with E-state index in [0.29, 0.717) is 17.3 Å². The lowest BCUT2D eigenvalue weighted by atomic mass is 9.86. The van der Waals surface area contributed by atoms with Gasteiger partial charge in [-0.2, -0.15) is 17.0 Å². The van der Waals surface area contributed by atoms with Gasteiger partial charge in [-0.25, -0.2) is 0 Å². The van der Waals surface area contributed by atoms with Crippen molar-refractivity contribution >= 4 is 11.8 Å². The Morgan fingerprint density at radius 2 is 2.32 bits per heavy atom. The topological polar surface area (TPSA) is 45.0 Å². The van der Waals surface area contributed by atoms with E-state index in [9.17, 15) is 5.26 Å². The number of nitriles is 1. The van der Waals surface area contributed by atoms with Gasteiger partial charge in [0.25, 0.3) is 0 Å². The highest BCUT2D eigenvalue weighted by molar-refractivity contribution is 7.99. The summed E-state index contributed by atoms with van der Waals surface area (Å²) in [4.78, 5) is 0. The van der Waals surface area contributed by atoms with Gasteiger partial charge >= 0.3 is 0 Å². The van der Waals surface area contributed by atoms with Crippen molar-refractivity contribution in [3.05, 3.63) is 0 Å². The number of ether oxygens (including phenoxy) is 1. The lowest BCUT2D eigenvalue weighted by molar-refractivity contribution is 0.127. The Bertz CT molecular complexity index is 331. The zero-order valence-electron chi connectivity index (χ0n) is 12.2. The van der Waals surface area contributed by atoms with Gasteiger partial charge < -0.3 is 4.74 Å². The number of hydrogen-bond acceptors (Lipinski definition) is 4. The molecule has 1 saturated carbocycles. The summed E-state index contributed by atoms with van der Waals surface area (Å²) in [5.74, 6) is 1.69. The molecule has 0 spiro atoms. The van der Waals surface area contributed by atoms with Crippen LogP contribution in [0.5, 0.6) is 0 Å². The van der Waals surface area contributed by atoms with Gasteiger partial charge in [-0.1, -0.05) is 13.3 Å². The third-order valence-electron chi connectivity index (χ3n) is 4.62. The van der Waals surface area contributed by atoms with Crippen molar-refractivity contribution < 1.29 is 4.74 Å². The van der Waals surface area contributed by atoms with E-state index in [1.54, 1.807) is 0 Å². The average molecular weight is 282 g/mol. The van der Waals surface area contributed by atoms with E-state index in [2.05, 4.69) is 25.2 Å². The van der Waals surface area contributed by atoms with Gasteiger partial charge in [-0.3, -0.25) is 5.32 Å². The standard InChI is InChI=1S/C15H26N2OS/c1-3-17-15(11-16)8-4-5-13(15)7-10-19-14-6-9-18-12(14)2/h12-14,17H,3-10H2,1-2H3. The van der Waals surface area contributed by atoms with Crippen LogP contribution in [0.15, 0.2) is 0 Å². The molecule has 0 aromatic heterocycles. The van der Waals surface area contributed by atoms with Crippen LogP contribution in [-0.2, 0) is 4.74 Å². The van der Waals surface area contributed by atoms with Crippen LogP contribution in [0.25, 0.3) is 0 Å². The summed E-state index contributed by atoms with van der Waals surface area (Å²) in [7, 11) is 0. The first-order valence-electron chi connectivity index (χ1n) is 7.61. The Labute approximate surface area is 121 Å². The maximum Gasteiger partial charge on any atom is 0.109 e. The Morgan fingerprint density at radius 1 is 1.47 bits per heavy atom. The summed E-state index contributed by atoms with van der Waals surface area (Å²) < 4.78 is 5.60. The molecule has 2 rings (SSSR count). The minimum Gasteiger partial charge on any atom is -0.377 e. The first-order chi connectivity index (χ1) is 9.22. The number of hydrogen-bond donors (Lipinski definition) is 1. The van der Waals surface area contributed by atoms with Crippen LogP contribution in [-0.4, -0.2) is 35.8 Å². The highest BCUT2D eigenvalue weighted by Gasteiger charge is 2.42. The van der Waals surface area contributed by atoms with Gasteiger partial charge in [-0.05, 0) is 50.8 Å². The van der Waals surface area contributed by atoms with Gasteiger partial charge in [0.15, 0.2) is 0 Å². The van der Waals surface area contributed by atoms with Crippen molar-refractivity contribution in [2.24, 2.45) is 5.92 Å². The molecule has 0 bridgehead atoms. The zero-order valence-corrected chi connectivity index (χ0v) is 13.0. The summed E-state index contributed by atoms with van der Waals surface area (Å²) in [5.41, 5.74) is -0.243. The van der Waals surface area contributed by atoms with Crippen LogP contribution in [0.1, 0.15) is 46.0 Å². The summed E-state index contributed by atoms with van der Waals surface area (Å²) in [5, 5.41) is 13.6. The third-order valence-corrected chi connectivity index (χ3v) is 6.14. The Kier molecular flexibility index (Phi) is 5.56. The highest BCUT2D eigenvalue weighted by atomic mass is 32.2. The molecule has 1 heterocycles. The average Bonchev–Trinajstić information content (AvgIpc) is 2.99. The zero-order chi connectivity index (χ0) is 13.7. The molecular formula is C15H26N2OS. The second kappa shape index (κ2) is 6.97. The normalized spacial score (nSPS) is 38.5. The molecule has 3 nitrogen and oxygen atoms in total. The van der Waals surface area contributed by atoms with E-state index in [1.807, 2.05) is 11.8 Å². The number of rotatable bonds is 6. The molecule has 0 radical (unpaired) electrons. The lowest BCUT2D eigenvalue weighted by Crippen LogP contribution is -2.47. The second-order valence-corrected chi connectivity index (χ2v) is 7.11. The predicted molar refractivity (Wildman–Crippen MR) is 80.3 cm³/mol. The van der Waals surface area contributed by atoms with Crippen LogP contribution < -0.4 is 5.32 Å². The monoisotopic (exact) mass is 282 g/mol. The van der Waals surface area contributed by atoms with Gasteiger partial charge in [0.2, 0.25) is 0 Å². The third kappa shape index (κ3) is 3.45. The largest absolute Gasteiger partial charge is 0.377 e. The van der Waals surface area contributed by atoms with Crippen LogP contribution in [0.2, 0.25) is 0 Å². The molecule has 2 aliphatic rings. The maximum atomic E-state index is 9.53. The van der Waals surface area contributed by atoms with Gasteiger partial charge in [0, 0.05) is 11.9 Å². The van der Waals surface area contributed by atoms with Crippen molar-refractivity contribution in [1.29, 1.82) is 5.26 Å². The maximum absolute atomic E-state index is 9.53. The molecule has 1 aliphatic heterocycles. The molecule has 0 aromatic rings. The summed E-state index contributed by atoms with van der Waals surface area (Å²) >= 11 is 2.05. The van der Waals surface area contributed by atoms with Crippen LogP contribution >= 0.6 is 11.8 Å². The SMILES string of the molecule is CCNC1(C#N)CCCC1CCSC1CCOC1C. The van der Waals surface area contributed by atoms with E-state index >= 15 is 0 Å². The fourth-order valence-electron chi connectivity index (χ4n) is 3.50. The summed E-state index contributed by atoms with van der Waals surface area (Å²) in [6.45, 7) is 6.09. The first-order valence-corrected chi connectivity index (χ1v) is 8.66. The van der Waals surface area contributed by atoms with Gasteiger partial charge in [-0.15, -0.1) is 0 Å². The number of nitrogens with zero attached hydrogens (tertiary/aromatic N) is 1. The van der Waals surface area contributed by atoms with Crippen molar-refractivity contribution in [1.82, 2.24) is 5.32 Å². The molecule has 1 aliphatic carbocycles. The molecule has 4 atom stereocenters. The van der Waals surface area contributed by atoms with Gasteiger partial charge in [0.05, 0.1) is 12.2 Å². The molecule has 4 heteroatoms. The van der Waals surface area contributed by atoms with Crippen LogP contribution in [0, 0.1) is 17.2 Å². The smallest absolute Gasteiger partial charge is 0.109 e. The number of nitrogens with one attached hydrogen (secondary N) is 1. The molecule has 108 valence electrons. The van der Waals surface area contributed by atoms with E-state index < -0.39 is 0 Å². The summed E-state index contributed by atoms with van der Waals surface area (Å²) in [6.07, 6.45) is 6.18. The first kappa shape index (κ1) is 15.2. The summed E-state index contributed by atoms with van der Waals surface area (Å²) in [6, 6.07) is 2.57.